The van der Waals surface area contributed by atoms with E-state index in [1.54, 1.807) is 12.1 Å². The average Bonchev–Trinajstić information content (AvgIpc) is 2.90. The number of aromatic nitrogens is 1. The molecule has 0 aliphatic carbocycles. The molecular weight excluding hydrogens is 360 g/mol. The van der Waals surface area contributed by atoms with Gasteiger partial charge in [0.1, 0.15) is 23.3 Å². The molecule has 0 aliphatic heterocycles. The summed E-state index contributed by atoms with van der Waals surface area (Å²) in [5.41, 5.74) is 6.07. The van der Waals surface area contributed by atoms with Gasteiger partial charge in [0.15, 0.2) is 0 Å². The Kier molecular flexibility index (Phi) is 3.87. The van der Waals surface area contributed by atoms with Gasteiger partial charge in [0.05, 0.1) is 17.6 Å². The molecule has 0 radical (unpaired) electrons. The number of nitrogens with zero attached hydrogens (tertiary/aromatic N) is 1. The number of halogens is 4. The summed E-state index contributed by atoms with van der Waals surface area (Å²) in [5.74, 6) is -4.36. The third-order valence-corrected chi connectivity index (χ3v) is 4.54. The van der Waals surface area contributed by atoms with Gasteiger partial charge in [-0.3, -0.25) is 4.79 Å². The van der Waals surface area contributed by atoms with Crippen molar-refractivity contribution >= 4 is 27.7 Å². The van der Waals surface area contributed by atoms with Crippen molar-refractivity contribution in [1.29, 1.82) is 0 Å². The molecule has 1 heterocycles. The van der Waals surface area contributed by atoms with E-state index in [1.807, 2.05) is 0 Å². The molecular formula is C20H12F4N2O. The van der Waals surface area contributed by atoms with E-state index in [0.717, 1.165) is 0 Å². The van der Waals surface area contributed by atoms with E-state index in [4.69, 9.17) is 5.73 Å². The minimum Gasteiger partial charge on any atom is -0.366 e. The smallest absolute Gasteiger partial charge is 0.249 e. The minimum absolute atomic E-state index is 0.211. The number of fused-ring (bicyclic) bond motifs is 3. The van der Waals surface area contributed by atoms with Gasteiger partial charge in [-0.05, 0) is 30.3 Å². The molecule has 7 heteroatoms. The number of amides is 1. The molecule has 1 aromatic heterocycles. The first-order valence-corrected chi connectivity index (χ1v) is 8.00. The maximum atomic E-state index is 14.1. The number of hydrogen-bond donors (Lipinski definition) is 1. The standard InChI is InChI=1S/C20H12F4N2O/c21-10-4-5-12-18(8-10)26(9-14-15(23)6-11(22)7-16(14)24)17-3-1-2-13(19(12)17)20(25)27/h1-8H,9H2,(H2,25,27). The zero-order valence-corrected chi connectivity index (χ0v) is 13.8. The molecule has 4 aromatic rings. The van der Waals surface area contributed by atoms with Gasteiger partial charge in [-0.25, -0.2) is 17.6 Å². The summed E-state index contributed by atoms with van der Waals surface area (Å²) >= 11 is 0. The number of hydrogen-bond acceptors (Lipinski definition) is 1. The van der Waals surface area contributed by atoms with E-state index < -0.39 is 29.2 Å². The first-order chi connectivity index (χ1) is 12.9. The molecule has 0 unspecified atom stereocenters. The summed E-state index contributed by atoms with van der Waals surface area (Å²) < 4.78 is 56.8. The molecule has 0 spiro atoms. The molecule has 0 atom stereocenters. The summed E-state index contributed by atoms with van der Waals surface area (Å²) in [6, 6.07) is 9.82. The lowest BCUT2D eigenvalue weighted by molar-refractivity contribution is 0.100. The van der Waals surface area contributed by atoms with Crippen molar-refractivity contribution in [3.63, 3.8) is 0 Å². The fourth-order valence-corrected chi connectivity index (χ4v) is 3.37. The molecule has 0 fully saturated rings. The molecule has 4 rings (SSSR count). The Balaban J connectivity index is 2.06. The van der Waals surface area contributed by atoms with Crippen LogP contribution in [0.25, 0.3) is 21.8 Å². The van der Waals surface area contributed by atoms with Crippen LogP contribution in [0.2, 0.25) is 0 Å². The van der Waals surface area contributed by atoms with Crippen LogP contribution in [-0.2, 0) is 6.54 Å². The quantitative estimate of drug-likeness (QED) is 0.529. The van der Waals surface area contributed by atoms with Crippen molar-refractivity contribution in [2.45, 2.75) is 6.54 Å². The largest absolute Gasteiger partial charge is 0.366 e. The number of rotatable bonds is 3. The lowest BCUT2D eigenvalue weighted by Crippen LogP contribution is -2.11. The Morgan fingerprint density at radius 2 is 1.59 bits per heavy atom. The van der Waals surface area contributed by atoms with E-state index in [1.165, 1.54) is 28.8 Å². The van der Waals surface area contributed by atoms with Crippen molar-refractivity contribution in [3.8, 4) is 0 Å². The van der Waals surface area contributed by atoms with Crippen LogP contribution < -0.4 is 5.73 Å². The SMILES string of the molecule is NC(=O)c1cccc2c1c1ccc(F)cc1n2Cc1c(F)cc(F)cc1F. The Labute approximate surface area is 150 Å². The van der Waals surface area contributed by atoms with Gasteiger partial charge in [-0.2, -0.15) is 0 Å². The van der Waals surface area contributed by atoms with Crippen molar-refractivity contribution in [2.24, 2.45) is 5.73 Å². The second-order valence-electron chi connectivity index (χ2n) is 6.16. The van der Waals surface area contributed by atoms with E-state index in [9.17, 15) is 22.4 Å². The van der Waals surface area contributed by atoms with Gasteiger partial charge in [-0.1, -0.05) is 6.07 Å². The molecule has 2 N–H and O–H groups in total. The number of benzene rings is 3. The van der Waals surface area contributed by atoms with E-state index in [2.05, 4.69) is 0 Å². The molecule has 0 aliphatic rings. The van der Waals surface area contributed by atoms with Crippen LogP contribution in [-0.4, -0.2) is 10.5 Å². The predicted octanol–water partition coefficient (Wildman–Crippen LogP) is 4.50. The van der Waals surface area contributed by atoms with E-state index in [-0.39, 0.29) is 17.7 Å². The second kappa shape index (κ2) is 6.12. The summed E-state index contributed by atoms with van der Waals surface area (Å²) in [5, 5.41) is 0.978. The van der Waals surface area contributed by atoms with Gasteiger partial charge in [0, 0.05) is 34.0 Å². The highest BCUT2D eigenvalue weighted by molar-refractivity contribution is 6.17. The Morgan fingerprint density at radius 1 is 0.889 bits per heavy atom. The number of nitrogens with two attached hydrogens (primary N) is 1. The third-order valence-electron chi connectivity index (χ3n) is 4.54. The monoisotopic (exact) mass is 372 g/mol. The second-order valence-corrected chi connectivity index (χ2v) is 6.16. The fraction of sp³-hybridized carbons (Fsp3) is 0.0500. The first kappa shape index (κ1) is 17.1. The third kappa shape index (κ3) is 2.71. The van der Waals surface area contributed by atoms with Gasteiger partial charge in [0.25, 0.3) is 0 Å². The lowest BCUT2D eigenvalue weighted by Gasteiger charge is -2.10. The number of carbonyl (C=O) groups excluding carboxylic acids is 1. The van der Waals surface area contributed by atoms with Gasteiger partial charge in [-0.15, -0.1) is 0 Å². The number of carbonyl (C=O) groups is 1. The van der Waals surface area contributed by atoms with Gasteiger partial charge < -0.3 is 10.3 Å². The summed E-state index contributed by atoms with van der Waals surface area (Å²) in [6.45, 7) is -0.316. The molecule has 0 bridgehead atoms. The predicted molar refractivity (Wildman–Crippen MR) is 93.3 cm³/mol. The van der Waals surface area contributed by atoms with E-state index >= 15 is 0 Å². The summed E-state index contributed by atoms with van der Waals surface area (Å²) in [4.78, 5) is 11.8. The zero-order chi connectivity index (χ0) is 19.3. The molecule has 136 valence electrons. The lowest BCUT2D eigenvalue weighted by atomic mass is 10.1. The Morgan fingerprint density at radius 3 is 2.26 bits per heavy atom. The average molecular weight is 372 g/mol. The highest BCUT2D eigenvalue weighted by Gasteiger charge is 2.19. The van der Waals surface area contributed by atoms with Crippen LogP contribution in [0, 0.1) is 23.3 Å². The fourth-order valence-electron chi connectivity index (χ4n) is 3.37. The maximum absolute atomic E-state index is 14.1. The zero-order valence-electron chi connectivity index (χ0n) is 13.8. The highest BCUT2D eigenvalue weighted by Crippen LogP contribution is 2.33. The maximum Gasteiger partial charge on any atom is 0.249 e. The topological polar surface area (TPSA) is 48.0 Å². The molecule has 27 heavy (non-hydrogen) atoms. The normalized spacial score (nSPS) is 11.4. The molecule has 3 aromatic carbocycles. The first-order valence-electron chi connectivity index (χ1n) is 8.00. The van der Waals surface area contributed by atoms with Crippen LogP contribution >= 0.6 is 0 Å². The number of primary amides is 1. The van der Waals surface area contributed by atoms with Crippen LogP contribution in [0.5, 0.6) is 0 Å². The summed E-state index contributed by atoms with van der Waals surface area (Å²) in [6.07, 6.45) is 0. The Hall–Kier alpha value is -3.35. The van der Waals surface area contributed by atoms with Crippen LogP contribution in [0.1, 0.15) is 15.9 Å². The molecule has 0 saturated heterocycles. The Bertz CT molecular complexity index is 1210. The van der Waals surface area contributed by atoms with E-state index in [0.29, 0.717) is 33.9 Å². The molecule has 1 amide bonds. The molecule has 3 nitrogen and oxygen atoms in total. The van der Waals surface area contributed by atoms with Crippen molar-refractivity contribution < 1.29 is 22.4 Å². The van der Waals surface area contributed by atoms with Gasteiger partial charge in [0.2, 0.25) is 5.91 Å². The van der Waals surface area contributed by atoms with Crippen LogP contribution in [0.3, 0.4) is 0 Å². The van der Waals surface area contributed by atoms with Crippen molar-refractivity contribution in [1.82, 2.24) is 4.57 Å². The summed E-state index contributed by atoms with van der Waals surface area (Å²) in [7, 11) is 0. The minimum atomic E-state index is -1.05. The van der Waals surface area contributed by atoms with Gasteiger partial charge >= 0.3 is 0 Å². The molecule has 0 saturated carbocycles. The highest BCUT2D eigenvalue weighted by atomic mass is 19.1. The van der Waals surface area contributed by atoms with Crippen molar-refractivity contribution in [2.75, 3.05) is 0 Å². The van der Waals surface area contributed by atoms with Crippen LogP contribution in [0.15, 0.2) is 48.5 Å². The van der Waals surface area contributed by atoms with Crippen molar-refractivity contribution in [3.05, 3.63) is 82.9 Å². The van der Waals surface area contributed by atoms with Crippen LogP contribution in [0.4, 0.5) is 17.6 Å².